The van der Waals surface area contributed by atoms with Gasteiger partial charge in [-0.15, -0.1) is 10.2 Å². The lowest BCUT2D eigenvalue weighted by molar-refractivity contribution is -0.141. The Labute approximate surface area is 165 Å². The van der Waals surface area contributed by atoms with Crippen LogP contribution in [0.15, 0.2) is 51.8 Å². The van der Waals surface area contributed by atoms with E-state index in [1.54, 1.807) is 18.2 Å². The Morgan fingerprint density at radius 3 is 2.50 bits per heavy atom. The molecular formula is C15H10F4N4O2S3. The summed E-state index contributed by atoms with van der Waals surface area (Å²) >= 11 is 2.08. The molecule has 3 aromatic rings. The molecule has 0 unspecified atom stereocenters. The summed E-state index contributed by atoms with van der Waals surface area (Å²) in [6.07, 6.45) is -4.06. The summed E-state index contributed by atoms with van der Waals surface area (Å²) in [6.45, 7) is 0. The molecule has 1 aromatic carbocycles. The van der Waals surface area contributed by atoms with Crippen LogP contribution < -0.4 is 4.72 Å². The maximum absolute atomic E-state index is 13.6. The fraction of sp³-hybridized carbons (Fsp3) is 0.133. The highest BCUT2D eigenvalue weighted by atomic mass is 32.2. The second-order valence-corrected chi connectivity index (χ2v) is 9.12. The molecule has 2 aromatic heterocycles. The molecule has 0 saturated carbocycles. The Kier molecular flexibility index (Phi) is 5.86. The van der Waals surface area contributed by atoms with Crippen molar-refractivity contribution in [3.8, 4) is 0 Å². The molecule has 0 atom stereocenters. The zero-order valence-corrected chi connectivity index (χ0v) is 16.1. The summed E-state index contributed by atoms with van der Waals surface area (Å²) < 4.78 is 78.2. The van der Waals surface area contributed by atoms with Crippen LogP contribution in [0.2, 0.25) is 0 Å². The van der Waals surface area contributed by atoms with Crippen LogP contribution in [0.1, 0.15) is 11.3 Å². The Morgan fingerprint density at radius 1 is 1.11 bits per heavy atom. The number of anilines is 1. The van der Waals surface area contributed by atoms with Crippen LogP contribution in [-0.2, 0) is 22.0 Å². The third-order valence-corrected chi connectivity index (χ3v) is 6.75. The highest BCUT2D eigenvalue weighted by Crippen LogP contribution is 2.31. The molecule has 0 aliphatic heterocycles. The van der Waals surface area contributed by atoms with Gasteiger partial charge in [-0.2, -0.15) is 13.2 Å². The van der Waals surface area contributed by atoms with Gasteiger partial charge in [0, 0.05) is 11.9 Å². The SMILES string of the molecule is O=S(=O)(Nc1nnc(SCc2ccccc2F)s1)c1ccc(C(F)(F)F)nc1. The van der Waals surface area contributed by atoms with Gasteiger partial charge in [0.05, 0.1) is 0 Å². The van der Waals surface area contributed by atoms with Gasteiger partial charge in [-0.05, 0) is 23.8 Å². The van der Waals surface area contributed by atoms with Crippen molar-refractivity contribution in [2.24, 2.45) is 0 Å². The number of hydrogen-bond acceptors (Lipinski definition) is 7. The molecule has 0 spiro atoms. The molecule has 28 heavy (non-hydrogen) atoms. The second-order valence-electron chi connectivity index (χ2n) is 5.24. The number of pyridine rings is 1. The van der Waals surface area contributed by atoms with E-state index in [1.807, 2.05) is 0 Å². The average Bonchev–Trinajstić information content (AvgIpc) is 3.07. The summed E-state index contributed by atoms with van der Waals surface area (Å²) in [5.74, 6) is -0.0908. The quantitative estimate of drug-likeness (QED) is 0.448. The van der Waals surface area contributed by atoms with Gasteiger partial charge in [0.15, 0.2) is 4.34 Å². The molecule has 0 amide bonds. The first-order valence-electron chi connectivity index (χ1n) is 7.41. The van der Waals surface area contributed by atoms with E-state index in [1.165, 1.54) is 17.8 Å². The van der Waals surface area contributed by atoms with Crippen LogP contribution in [0.5, 0.6) is 0 Å². The van der Waals surface area contributed by atoms with Gasteiger partial charge in [-0.1, -0.05) is 41.3 Å². The summed E-state index contributed by atoms with van der Waals surface area (Å²) in [7, 11) is -4.18. The number of hydrogen-bond donors (Lipinski definition) is 1. The van der Waals surface area contributed by atoms with Crippen molar-refractivity contribution in [1.29, 1.82) is 0 Å². The molecule has 2 heterocycles. The van der Waals surface area contributed by atoms with E-state index in [0.717, 1.165) is 17.4 Å². The first kappa shape index (κ1) is 20.5. The normalized spacial score (nSPS) is 12.1. The van der Waals surface area contributed by atoms with E-state index < -0.39 is 26.8 Å². The van der Waals surface area contributed by atoms with Crippen LogP contribution in [0.25, 0.3) is 0 Å². The lowest BCUT2D eigenvalue weighted by Gasteiger charge is -2.07. The Bertz CT molecular complexity index is 1070. The van der Waals surface area contributed by atoms with E-state index in [2.05, 4.69) is 19.9 Å². The smallest absolute Gasteiger partial charge is 0.253 e. The number of aromatic nitrogens is 3. The minimum absolute atomic E-state index is 0.0732. The van der Waals surface area contributed by atoms with Crippen molar-refractivity contribution in [2.75, 3.05) is 4.72 Å². The van der Waals surface area contributed by atoms with Crippen LogP contribution in [0.3, 0.4) is 0 Å². The first-order chi connectivity index (χ1) is 13.1. The molecule has 3 rings (SSSR count). The fourth-order valence-electron chi connectivity index (χ4n) is 1.95. The largest absolute Gasteiger partial charge is 0.433 e. The molecule has 0 saturated heterocycles. The van der Waals surface area contributed by atoms with Crippen LogP contribution in [0, 0.1) is 5.82 Å². The van der Waals surface area contributed by atoms with E-state index >= 15 is 0 Å². The first-order valence-corrected chi connectivity index (χ1v) is 10.7. The summed E-state index contributed by atoms with van der Waals surface area (Å²) in [4.78, 5) is 2.67. The molecule has 0 aliphatic rings. The number of alkyl halides is 3. The van der Waals surface area contributed by atoms with Gasteiger partial charge < -0.3 is 0 Å². The maximum Gasteiger partial charge on any atom is 0.433 e. The Morgan fingerprint density at radius 2 is 1.86 bits per heavy atom. The molecule has 6 nitrogen and oxygen atoms in total. The lowest BCUT2D eigenvalue weighted by Crippen LogP contribution is -2.14. The summed E-state index contributed by atoms with van der Waals surface area (Å²) in [5.41, 5.74) is -0.741. The van der Waals surface area contributed by atoms with Gasteiger partial charge in [0.1, 0.15) is 16.4 Å². The predicted octanol–water partition coefficient (Wildman–Crippen LogP) is 4.18. The van der Waals surface area contributed by atoms with Crippen molar-refractivity contribution >= 4 is 38.3 Å². The van der Waals surface area contributed by atoms with Crippen molar-refractivity contribution in [3.63, 3.8) is 0 Å². The number of nitrogens with one attached hydrogen (secondary N) is 1. The van der Waals surface area contributed by atoms with E-state index in [4.69, 9.17) is 0 Å². The molecular weight excluding hydrogens is 440 g/mol. The second kappa shape index (κ2) is 8.01. The molecule has 13 heteroatoms. The maximum atomic E-state index is 13.6. The molecule has 0 radical (unpaired) electrons. The topological polar surface area (TPSA) is 84.8 Å². The summed E-state index contributed by atoms with van der Waals surface area (Å²) in [5, 5.41) is 7.41. The van der Waals surface area contributed by atoms with Gasteiger partial charge in [-0.25, -0.2) is 12.8 Å². The van der Waals surface area contributed by atoms with Gasteiger partial charge in [0.25, 0.3) is 10.0 Å². The third kappa shape index (κ3) is 4.97. The van der Waals surface area contributed by atoms with Crippen molar-refractivity contribution in [3.05, 3.63) is 59.7 Å². The van der Waals surface area contributed by atoms with Gasteiger partial charge in [0.2, 0.25) is 5.13 Å². The average molecular weight is 450 g/mol. The monoisotopic (exact) mass is 450 g/mol. The van der Waals surface area contributed by atoms with E-state index in [9.17, 15) is 26.0 Å². The number of rotatable bonds is 6. The minimum atomic E-state index is -4.67. The van der Waals surface area contributed by atoms with Gasteiger partial charge >= 0.3 is 6.18 Å². The molecule has 0 bridgehead atoms. The predicted molar refractivity (Wildman–Crippen MR) is 95.9 cm³/mol. The highest BCUT2D eigenvalue weighted by molar-refractivity contribution is 8.00. The third-order valence-electron chi connectivity index (χ3n) is 3.27. The zero-order valence-electron chi connectivity index (χ0n) is 13.6. The number of halogens is 4. The van der Waals surface area contributed by atoms with Crippen LogP contribution in [0.4, 0.5) is 22.7 Å². The molecule has 0 fully saturated rings. The van der Waals surface area contributed by atoms with Crippen molar-refractivity contribution < 1.29 is 26.0 Å². The van der Waals surface area contributed by atoms with Crippen LogP contribution in [-0.4, -0.2) is 23.6 Å². The summed E-state index contributed by atoms with van der Waals surface area (Å²) in [6, 6.07) is 7.57. The Hall–Kier alpha value is -2.25. The molecule has 1 N–H and O–H groups in total. The van der Waals surface area contributed by atoms with Crippen LogP contribution >= 0.6 is 23.1 Å². The van der Waals surface area contributed by atoms with Crippen molar-refractivity contribution in [1.82, 2.24) is 15.2 Å². The highest BCUT2D eigenvalue weighted by Gasteiger charge is 2.32. The number of benzene rings is 1. The number of sulfonamides is 1. The lowest BCUT2D eigenvalue weighted by atomic mass is 10.2. The fourth-order valence-corrected chi connectivity index (χ4v) is 4.86. The standard InChI is InChI=1S/C15H10F4N4O2S3/c16-11-4-2-1-3-9(11)8-26-14-22-21-13(27-14)23-28(24,25)10-5-6-12(20-7-10)15(17,18)19/h1-7H,8H2,(H,21,23). The minimum Gasteiger partial charge on any atom is -0.253 e. The van der Waals surface area contributed by atoms with E-state index in [-0.39, 0.29) is 16.7 Å². The Balaban J connectivity index is 1.67. The van der Waals surface area contributed by atoms with E-state index in [0.29, 0.717) is 22.2 Å². The zero-order chi connectivity index (χ0) is 20.4. The number of nitrogens with zero attached hydrogens (tertiary/aromatic N) is 3. The van der Waals surface area contributed by atoms with Gasteiger partial charge in [-0.3, -0.25) is 9.71 Å². The number of thioether (sulfide) groups is 1. The molecule has 148 valence electrons. The van der Waals surface area contributed by atoms with Crippen molar-refractivity contribution in [2.45, 2.75) is 21.2 Å². The molecule has 0 aliphatic carbocycles.